The summed E-state index contributed by atoms with van der Waals surface area (Å²) in [6.07, 6.45) is -2.66. The zero-order valence-electron chi connectivity index (χ0n) is 9.52. The van der Waals surface area contributed by atoms with E-state index in [0.717, 1.165) is 6.20 Å². The molecule has 1 aromatic rings. The van der Waals surface area contributed by atoms with Crippen LogP contribution in [0.3, 0.4) is 0 Å². The van der Waals surface area contributed by atoms with Crippen molar-refractivity contribution in [2.75, 3.05) is 18.0 Å². The molecule has 1 aromatic heterocycles. The minimum absolute atomic E-state index is 0.297. The number of anilines is 1. The largest absolute Gasteiger partial charge is 0.573 e. The molecule has 1 N–H and O–H groups in total. The number of aliphatic hydroxyl groups excluding tert-OH is 1. The minimum atomic E-state index is -4.70. The molecule has 0 aliphatic carbocycles. The Morgan fingerprint density at radius 3 is 2.44 bits per heavy atom. The third-order valence-electron chi connectivity index (χ3n) is 2.74. The first-order chi connectivity index (χ1) is 8.44. The van der Waals surface area contributed by atoms with Crippen LogP contribution in [0.25, 0.3) is 0 Å². The van der Waals surface area contributed by atoms with E-state index in [0.29, 0.717) is 31.7 Å². The summed E-state index contributed by atoms with van der Waals surface area (Å²) >= 11 is 0. The summed E-state index contributed by atoms with van der Waals surface area (Å²) in [6, 6.07) is 2.72. The van der Waals surface area contributed by atoms with E-state index in [-0.39, 0.29) is 11.9 Å². The Labute approximate surface area is 102 Å². The van der Waals surface area contributed by atoms with Crippen LogP contribution in [0, 0.1) is 0 Å². The number of rotatable bonds is 2. The SMILES string of the molecule is OC1CCN(c2ccc(OC(F)(F)F)cn2)CC1. The molecule has 1 saturated heterocycles. The molecule has 0 saturated carbocycles. The third kappa shape index (κ3) is 3.49. The van der Waals surface area contributed by atoms with Crippen molar-refractivity contribution in [2.45, 2.75) is 25.3 Å². The standard InChI is InChI=1S/C11H13F3N2O2/c12-11(13,14)18-9-1-2-10(15-7-9)16-5-3-8(17)4-6-16/h1-2,7-8,17H,3-6H2. The van der Waals surface area contributed by atoms with Gasteiger partial charge >= 0.3 is 6.36 Å². The molecule has 1 fully saturated rings. The molecule has 0 spiro atoms. The van der Waals surface area contributed by atoms with Crippen molar-refractivity contribution in [3.63, 3.8) is 0 Å². The van der Waals surface area contributed by atoms with Crippen LogP contribution in [-0.4, -0.2) is 35.6 Å². The van der Waals surface area contributed by atoms with Crippen molar-refractivity contribution in [3.05, 3.63) is 18.3 Å². The van der Waals surface area contributed by atoms with E-state index in [1.54, 1.807) is 0 Å². The average Bonchev–Trinajstić information content (AvgIpc) is 2.29. The zero-order chi connectivity index (χ0) is 13.2. The van der Waals surface area contributed by atoms with E-state index >= 15 is 0 Å². The first-order valence-corrected chi connectivity index (χ1v) is 5.59. The minimum Gasteiger partial charge on any atom is -0.404 e. The molecule has 0 unspecified atom stereocenters. The van der Waals surface area contributed by atoms with Gasteiger partial charge in [0.15, 0.2) is 0 Å². The fourth-order valence-corrected chi connectivity index (χ4v) is 1.85. The molecule has 18 heavy (non-hydrogen) atoms. The number of piperidine rings is 1. The number of pyridine rings is 1. The van der Waals surface area contributed by atoms with Crippen LogP contribution in [0.15, 0.2) is 18.3 Å². The highest BCUT2D eigenvalue weighted by molar-refractivity contribution is 5.41. The Morgan fingerprint density at radius 2 is 1.94 bits per heavy atom. The number of hydrogen-bond donors (Lipinski definition) is 1. The Kier molecular flexibility index (Phi) is 3.60. The van der Waals surface area contributed by atoms with E-state index in [9.17, 15) is 18.3 Å². The third-order valence-corrected chi connectivity index (χ3v) is 2.74. The Hall–Kier alpha value is -1.50. The lowest BCUT2D eigenvalue weighted by molar-refractivity contribution is -0.274. The lowest BCUT2D eigenvalue weighted by Gasteiger charge is -2.30. The molecular weight excluding hydrogens is 249 g/mol. The number of ether oxygens (including phenoxy) is 1. The van der Waals surface area contributed by atoms with Gasteiger partial charge in [-0.2, -0.15) is 0 Å². The summed E-state index contributed by atoms with van der Waals surface area (Å²) < 4.78 is 39.6. The van der Waals surface area contributed by atoms with Crippen LogP contribution in [0.4, 0.5) is 19.0 Å². The van der Waals surface area contributed by atoms with Crippen LogP contribution in [0.1, 0.15) is 12.8 Å². The second-order valence-electron chi connectivity index (χ2n) is 4.12. The van der Waals surface area contributed by atoms with Crippen molar-refractivity contribution in [1.29, 1.82) is 0 Å². The molecular formula is C11H13F3N2O2. The number of alkyl halides is 3. The summed E-state index contributed by atoms with van der Waals surface area (Å²) in [7, 11) is 0. The van der Waals surface area contributed by atoms with Gasteiger partial charge in [-0.15, -0.1) is 13.2 Å². The van der Waals surface area contributed by atoms with E-state index in [1.807, 2.05) is 4.90 Å². The van der Waals surface area contributed by atoms with Gasteiger partial charge in [0.2, 0.25) is 0 Å². The molecule has 1 aliphatic rings. The van der Waals surface area contributed by atoms with Gasteiger partial charge in [-0.1, -0.05) is 0 Å². The Balaban J connectivity index is 1.99. The first-order valence-electron chi connectivity index (χ1n) is 5.59. The first kappa shape index (κ1) is 12.9. The molecule has 0 amide bonds. The smallest absolute Gasteiger partial charge is 0.404 e. The van der Waals surface area contributed by atoms with Crippen molar-refractivity contribution < 1.29 is 23.0 Å². The second-order valence-corrected chi connectivity index (χ2v) is 4.12. The molecule has 0 aromatic carbocycles. The van der Waals surface area contributed by atoms with Crippen molar-refractivity contribution in [1.82, 2.24) is 4.98 Å². The zero-order valence-corrected chi connectivity index (χ0v) is 9.52. The average molecular weight is 262 g/mol. The molecule has 0 radical (unpaired) electrons. The van der Waals surface area contributed by atoms with Crippen molar-refractivity contribution in [2.24, 2.45) is 0 Å². The molecule has 0 atom stereocenters. The number of aliphatic hydroxyl groups is 1. The number of nitrogens with zero attached hydrogens (tertiary/aromatic N) is 2. The van der Waals surface area contributed by atoms with E-state index < -0.39 is 6.36 Å². The summed E-state index contributed by atoms with van der Waals surface area (Å²) in [5.74, 6) is 0.264. The van der Waals surface area contributed by atoms with Crippen LogP contribution >= 0.6 is 0 Å². The predicted octanol–water partition coefficient (Wildman–Crippen LogP) is 1.94. The maximum atomic E-state index is 12.0. The molecule has 7 heteroatoms. The van der Waals surface area contributed by atoms with Crippen LogP contribution < -0.4 is 9.64 Å². The highest BCUT2D eigenvalue weighted by Crippen LogP contribution is 2.24. The Morgan fingerprint density at radius 1 is 1.28 bits per heavy atom. The van der Waals surface area contributed by atoms with Gasteiger partial charge in [0.25, 0.3) is 0 Å². The topological polar surface area (TPSA) is 45.6 Å². The van der Waals surface area contributed by atoms with Crippen molar-refractivity contribution >= 4 is 5.82 Å². The number of hydrogen-bond acceptors (Lipinski definition) is 4. The molecule has 4 nitrogen and oxygen atoms in total. The van der Waals surface area contributed by atoms with E-state index in [1.165, 1.54) is 12.1 Å². The second kappa shape index (κ2) is 5.01. The van der Waals surface area contributed by atoms with Crippen molar-refractivity contribution in [3.8, 4) is 5.75 Å². The van der Waals surface area contributed by atoms with E-state index in [2.05, 4.69) is 9.72 Å². The van der Waals surface area contributed by atoms with Crippen LogP contribution in [0.2, 0.25) is 0 Å². The predicted molar refractivity (Wildman–Crippen MR) is 58.4 cm³/mol. The summed E-state index contributed by atoms with van der Waals surface area (Å²) in [6.45, 7) is 1.29. The lowest BCUT2D eigenvalue weighted by Crippen LogP contribution is -2.36. The maximum Gasteiger partial charge on any atom is 0.573 e. The summed E-state index contributed by atoms with van der Waals surface area (Å²) in [5.41, 5.74) is 0. The van der Waals surface area contributed by atoms with Gasteiger partial charge in [0.1, 0.15) is 11.6 Å². The lowest BCUT2D eigenvalue weighted by atomic mass is 10.1. The number of halogens is 3. The normalized spacial score (nSPS) is 17.9. The van der Waals surface area contributed by atoms with Gasteiger partial charge < -0.3 is 14.7 Å². The van der Waals surface area contributed by atoms with Crippen LogP contribution in [-0.2, 0) is 0 Å². The molecule has 2 rings (SSSR count). The highest BCUT2D eigenvalue weighted by atomic mass is 19.4. The fraction of sp³-hybridized carbons (Fsp3) is 0.545. The summed E-state index contributed by atoms with van der Waals surface area (Å²) in [4.78, 5) is 5.85. The van der Waals surface area contributed by atoms with Crippen LogP contribution in [0.5, 0.6) is 5.75 Å². The van der Waals surface area contributed by atoms with Gasteiger partial charge in [-0.05, 0) is 25.0 Å². The molecule has 0 bridgehead atoms. The van der Waals surface area contributed by atoms with Gasteiger partial charge in [-0.25, -0.2) is 4.98 Å². The molecule has 2 heterocycles. The highest BCUT2D eigenvalue weighted by Gasteiger charge is 2.31. The molecule has 1 aliphatic heterocycles. The van der Waals surface area contributed by atoms with Gasteiger partial charge in [0, 0.05) is 13.1 Å². The number of aromatic nitrogens is 1. The monoisotopic (exact) mass is 262 g/mol. The maximum absolute atomic E-state index is 12.0. The molecule has 100 valence electrons. The quantitative estimate of drug-likeness (QED) is 0.884. The Bertz CT molecular complexity index is 386. The van der Waals surface area contributed by atoms with E-state index in [4.69, 9.17) is 0 Å². The fourth-order valence-electron chi connectivity index (χ4n) is 1.85. The van der Waals surface area contributed by atoms with Gasteiger partial charge in [0.05, 0.1) is 12.3 Å². The summed E-state index contributed by atoms with van der Waals surface area (Å²) in [5, 5.41) is 9.35. The van der Waals surface area contributed by atoms with Gasteiger partial charge in [-0.3, -0.25) is 0 Å².